The fourth-order valence-electron chi connectivity index (χ4n) is 1.69. The highest BCUT2D eigenvalue weighted by Crippen LogP contribution is 1.77. The summed E-state index contributed by atoms with van der Waals surface area (Å²) in [7, 11) is 0. The summed E-state index contributed by atoms with van der Waals surface area (Å²) in [6.07, 6.45) is 3.98. The molecule has 24 heavy (non-hydrogen) atoms. The van der Waals surface area contributed by atoms with E-state index in [4.69, 9.17) is 19.4 Å². The van der Waals surface area contributed by atoms with Crippen molar-refractivity contribution in [3.8, 4) is 0 Å². The van der Waals surface area contributed by atoms with Gasteiger partial charge >= 0.3 is 0 Å². The predicted molar refractivity (Wildman–Crippen MR) is 69.4 cm³/mol. The Balaban J connectivity index is -0.000000500. The highest BCUT2D eigenvalue weighted by atomic mass is 35.5. The van der Waals surface area contributed by atoms with Crippen LogP contribution in [-0.4, -0.2) is 52.6 Å². The topological polar surface area (TPSA) is 103 Å². The lowest BCUT2D eigenvalue weighted by Gasteiger charge is -2.04. The zero-order chi connectivity index (χ0) is 14.1. The minimum absolute atomic E-state index is 0. The Bertz CT molecular complexity index is 129. The van der Waals surface area contributed by atoms with E-state index in [0.717, 1.165) is 78.3 Å². The summed E-state index contributed by atoms with van der Waals surface area (Å²) in [5, 5.41) is 0. The second kappa shape index (κ2) is 28.6. The molecule has 1 heterocycles. The molecule has 1 fully saturated rings. The van der Waals surface area contributed by atoms with E-state index >= 15 is 0 Å². The average Bonchev–Trinajstić information content (AvgIpc) is 2.46. The van der Waals surface area contributed by atoms with Gasteiger partial charge < -0.3 is 49.6 Å². The van der Waals surface area contributed by atoms with E-state index in [1.165, 1.54) is 0 Å². The van der Waals surface area contributed by atoms with Crippen LogP contribution in [0.5, 0.6) is 0 Å². The summed E-state index contributed by atoms with van der Waals surface area (Å²) >= 11 is 0. The summed E-state index contributed by atoms with van der Waals surface area (Å²) in [6.45, 7) is 6.78. The van der Waals surface area contributed by atoms with Crippen LogP contribution < -0.4 is 71.5 Å². The molecule has 1 saturated heterocycles. The Morgan fingerprint density at radius 2 is 0.625 bits per heavy atom. The third-order valence-corrected chi connectivity index (χ3v) is 2.81. The van der Waals surface area contributed by atoms with E-state index in [2.05, 4.69) is 0 Å². The van der Waals surface area contributed by atoms with Crippen LogP contribution in [-0.2, 0) is 19.4 Å². The van der Waals surface area contributed by atoms with Crippen LogP contribution in [0.25, 0.3) is 0 Å². The quantitative estimate of drug-likeness (QED) is 0.302. The van der Waals surface area contributed by atoms with Gasteiger partial charge in [0.05, 0.1) is 12.8 Å². The number of hydrogen-bond donors (Lipinski definition) is 4. The monoisotopic (exact) mass is 436 g/mol. The standard InChI is InChI=1S/C12H28N4O4.4ClH/c1-5-13-17-9-3-11-19-15-7-2-8-16-20-12-4-10-18-14-6-1;;;;/h13-16H,1-12H2;4*1H. The second-order valence-electron chi connectivity index (χ2n) is 4.72. The van der Waals surface area contributed by atoms with Gasteiger partial charge in [-0.1, -0.05) is 0 Å². The molecule has 0 aliphatic carbocycles. The summed E-state index contributed by atoms with van der Waals surface area (Å²) < 4.78 is 0. The largest absolute Gasteiger partial charge is 1.00 e. The van der Waals surface area contributed by atoms with Crippen LogP contribution in [0.3, 0.4) is 0 Å². The van der Waals surface area contributed by atoms with Crippen LogP contribution in [0.2, 0.25) is 0 Å². The first-order valence-corrected chi connectivity index (χ1v) is 7.73. The Morgan fingerprint density at radius 1 is 0.375 bits per heavy atom. The van der Waals surface area contributed by atoms with Gasteiger partial charge in [-0.15, -0.1) is 0 Å². The minimum Gasteiger partial charge on any atom is -1.00 e. The first-order chi connectivity index (χ1) is 10.0. The first-order valence-electron chi connectivity index (χ1n) is 7.73. The smallest absolute Gasteiger partial charge is 0.111 e. The molecule has 8 N–H and O–H groups in total. The fourth-order valence-corrected chi connectivity index (χ4v) is 1.69. The van der Waals surface area contributed by atoms with Gasteiger partial charge in [0.2, 0.25) is 0 Å². The van der Waals surface area contributed by atoms with Crippen LogP contribution in [0.15, 0.2) is 0 Å². The predicted octanol–water partition coefficient (Wildman–Crippen LogP) is -16.4. The highest BCUT2D eigenvalue weighted by molar-refractivity contribution is 4.28. The van der Waals surface area contributed by atoms with Crippen LogP contribution in [0.1, 0.15) is 25.7 Å². The van der Waals surface area contributed by atoms with Gasteiger partial charge in [-0.05, 0) is 0 Å². The second-order valence-corrected chi connectivity index (χ2v) is 4.72. The lowest BCUT2D eigenvalue weighted by molar-refractivity contribution is -0.918. The molecule has 0 aromatic rings. The average molecular weight is 438 g/mol. The van der Waals surface area contributed by atoms with Crippen molar-refractivity contribution < 1.29 is 90.9 Å². The van der Waals surface area contributed by atoms with Crippen LogP contribution in [0, 0.1) is 0 Å². The molecular formula is C12H32Cl4N4O4. The van der Waals surface area contributed by atoms with Gasteiger partial charge in [-0.3, -0.25) is 0 Å². The van der Waals surface area contributed by atoms with Gasteiger partial charge in [0, 0.05) is 12.8 Å². The molecule has 0 radical (unpaired) electrons. The summed E-state index contributed by atoms with van der Waals surface area (Å²) in [5.74, 6) is 0. The molecule has 1 rings (SSSR count). The van der Waals surface area contributed by atoms with Gasteiger partial charge in [0.1, 0.15) is 52.6 Å². The van der Waals surface area contributed by atoms with Crippen molar-refractivity contribution in [2.45, 2.75) is 25.7 Å². The number of hydroxylamine groups is 4. The van der Waals surface area contributed by atoms with E-state index < -0.39 is 0 Å². The number of nitrogens with two attached hydrogens (primary N) is 4. The molecule has 1 aliphatic heterocycles. The molecule has 1 aliphatic rings. The first kappa shape index (κ1) is 32.5. The normalized spacial score (nSPS) is 20.0. The van der Waals surface area contributed by atoms with E-state index in [1.807, 2.05) is 21.9 Å². The molecule has 12 heteroatoms. The van der Waals surface area contributed by atoms with Crippen molar-refractivity contribution in [3.63, 3.8) is 0 Å². The molecule has 0 amide bonds. The minimum atomic E-state index is 0. The van der Waals surface area contributed by atoms with E-state index in [-0.39, 0.29) is 49.6 Å². The zero-order valence-electron chi connectivity index (χ0n) is 13.9. The van der Waals surface area contributed by atoms with Gasteiger partial charge in [0.15, 0.2) is 0 Å². The van der Waals surface area contributed by atoms with E-state index in [0.29, 0.717) is 0 Å². The van der Waals surface area contributed by atoms with Gasteiger partial charge in [0.25, 0.3) is 0 Å². The van der Waals surface area contributed by atoms with Crippen molar-refractivity contribution in [2.24, 2.45) is 0 Å². The van der Waals surface area contributed by atoms with Gasteiger partial charge in [-0.2, -0.15) is 0 Å². The summed E-state index contributed by atoms with van der Waals surface area (Å²) in [4.78, 5) is 21.7. The lowest BCUT2D eigenvalue weighted by atomic mass is 10.4. The maximum absolute atomic E-state index is 5.42. The third kappa shape index (κ3) is 25.1. The van der Waals surface area contributed by atoms with Crippen molar-refractivity contribution in [3.05, 3.63) is 0 Å². The molecule has 0 saturated carbocycles. The van der Waals surface area contributed by atoms with Crippen molar-refractivity contribution >= 4 is 0 Å². The van der Waals surface area contributed by atoms with Crippen LogP contribution in [0.4, 0.5) is 0 Å². The Labute approximate surface area is 169 Å². The molecule has 152 valence electrons. The number of hydrogen-bond acceptors (Lipinski definition) is 4. The Morgan fingerprint density at radius 3 is 0.875 bits per heavy atom. The van der Waals surface area contributed by atoms with Crippen molar-refractivity contribution in [1.29, 1.82) is 0 Å². The maximum Gasteiger partial charge on any atom is 0.111 e. The maximum atomic E-state index is 5.42. The fraction of sp³-hybridized carbons (Fsp3) is 1.00. The van der Waals surface area contributed by atoms with Crippen molar-refractivity contribution in [2.75, 3.05) is 52.6 Å². The van der Waals surface area contributed by atoms with Crippen LogP contribution >= 0.6 is 0 Å². The lowest BCUT2D eigenvalue weighted by Crippen LogP contribution is -3.00. The molecule has 0 atom stereocenters. The summed E-state index contributed by atoms with van der Waals surface area (Å²) in [5.41, 5.74) is 7.55. The van der Waals surface area contributed by atoms with Crippen molar-refractivity contribution in [1.82, 2.24) is 0 Å². The molecule has 0 spiro atoms. The van der Waals surface area contributed by atoms with Gasteiger partial charge in [-0.25, -0.2) is 41.3 Å². The number of rotatable bonds is 0. The van der Waals surface area contributed by atoms with E-state index in [9.17, 15) is 0 Å². The highest BCUT2D eigenvalue weighted by Gasteiger charge is 2.00. The third-order valence-electron chi connectivity index (χ3n) is 2.81. The SMILES string of the molecule is C1C[NH2+]OCCCO[NH2+]CCC[NH2+]OCCCO[NH2+]C1.[Cl-].[Cl-].[Cl-].[Cl-]. The molecule has 0 aromatic carbocycles. The molecular weight excluding hydrogens is 406 g/mol. The number of quaternary nitrogens is 4. The Hall–Kier alpha value is 0.840. The molecule has 0 aromatic heterocycles. The summed E-state index contributed by atoms with van der Waals surface area (Å²) in [6, 6.07) is 0. The molecule has 0 unspecified atom stereocenters. The molecule has 8 nitrogen and oxygen atoms in total. The number of halogens is 4. The molecule has 0 bridgehead atoms. The zero-order valence-corrected chi connectivity index (χ0v) is 17.0. The Kier molecular flexibility index (Phi) is 38.8. The van der Waals surface area contributed by atoms with E-state index in [1.54, 1.807) is 0 Å².